The van der Waals surface area contributed by atoms with Gasteiger partial charge in [0.05, 0.1) is 12.7 Å². The smallest absolute Gasteiger partial charge is 0.221 e. The summed E-state index contributed by atoms with van der Waals surface area (Å²) < 4.78 is 19.6. The fraction of sp³-hybridized carbons (Fsp3) is 0.0870. The van der Waals surface area contributed by atoms with Gasteiger partial charge in [0.25, 0.3) is 0 Å². The first-order chi connectivity index (χ1) is 14.5. The molecule has 0 fully saturated rings. The Bertz CT molecular complexity index is 1280. The molecule has 1 amide bonds. The van der Waals surface area contributed by atoms with Gasteiger partial charge in [-0.05, 0) is 35.9 Å². The molecule has 0 spiro atoms. The van der Waals surface area contributed by atoms with Crippen molar-refractivity contribution in [2.24, 2.45) is 0 Å². The van der Waals surface area contributed by atoms with Crippen molar-refractivity contribution in [3.8, 4) is 16.9 Å². The van der Waals surface area contributed by atoms with E-state index < -0.39 is 11.6 Å². The Kier molecular flexibility index (Phi) is 5.02. The van der Waals surface area contributed by atoms with Crippen molar-refractivity contribution in [2.45, 2.75) is 6.92 Å². The van der Waals surface area contributed by atoms with Crippen LogP contribution < -0.4 is 10.1 Å². The molecule has 0 radical (unpaired) electrons. The van der Waals surface area contributed by atoms with Crippen LogP contribution >= 0.6 is 0 Å². The third kappa shape index (κ3) is 3.53. The summed E-state index contributed by atoms with van der Waals surface area (Å²) in [6, 6.07) is 13.6. The molecule has 4 rings (SSSR count). The van der Waals surface area contributed by atoms with Crippen LogP contribution in [0, 0.1) is 5.82 Å². The van der Waals surface area contributed by atoms with Gasteiger partial charge in [0.1, 0.15) is 5.65 Å². The number of aromatic nitrogens is 2. The van der Waals surface area contributed by atoms with Crippen LogP contribution in [0.2, 0.25) is 0 Å². The number of ether oxygens (including phenoxy) is 1. The SMILES string of the molecule is COc1cccc(C(=O)c2c[nH]c3ncc(-c4cccc(NC(C)=O)c4)cc23)c1F. The number of methoxy groups -OCH3 is 1. The summed E-state index contributed by atoms with van der Waals surface area (Å²) in [5.74, 6) is -1.33. The van der Waals surface area contributed by atoms with Crippen molar-refractivity contribution in [3.05, 3.63) is 77.9 Å². The molecule has 0 saturated carbocycles. The number of nitrogens with one attached hydrogen (secondary N) is 2. The number of carbonyl (C=O) groups is 2. The topological polar surface area (TPSA) is 84.1 Å². The van der Waals surface area contributed by atoms with Crippen LogP contribution in [0.3, 0.4) is 0 Å². The summed E-state index contributed by atoms with van der Waals surface area (Å²) in [7, 11) is 1.35. The second-order valence-corrected chi connectivity index (χ2v) is 6.74. The third-order valence-corrected chi connectivity index (χ3v) is 4.72. The van der Waals surface area contributed by atoms with Crippen LogP contribution in [0.15, 0.2) is 60.9 Å². The van der Waals surface area contributed by atoms with E-state index in [4.69, 9.17) is 4.74 Å². The van der Waals surface area contributed by atoms with E-state index in [1.165, 1.54) is 32.4 Å². The van der Waals surface area contributed by atoms with Crippen molar-refractivity contribution in [2.75, 3.05) is 12.4 Å². The van der Waals surface area contributed by atoms with Gasteiger partial charge in [0, 0.05) is 41.5 Å². The molecular formula is C23H18FN3O3. The summed E-state index contributed by atoms with van der Waals surface area (Å²) in [5, 5.41) is 3.32. The van der Waals surface area contributed by atoms with Crippen LogP contribution in [-0.4, -0.2) is 28.8 Å². The summed E-state index contributed by atoms with van der Waals surface area (Å²) in [6.45, 7) is 1.44. The summed E-state index contributed by atoms with van der Waals surface area (Å²) in [5.41, 5.74) is 2.99. The summed E-state index contributed by atoms with van der Waals surface area (Å²) in [6.07, 6.45) is 3.20. The van der Waals surface area contributed by atoms with Crippen LogP contribution in [0.1, 0.15) is 22.8 Å². The number of hydrogen-bond acceptors (Lipinski definition) is 4. The maximum atomic E-state index is 14.6. The van der Waals surface area contributed by atoms with Crippen LogP contribution in [0.4, 0.5) is 10.1 Å². The quantitative estimate of drug-likeness (QED) is 0.478. The number of hydrogen-bond donors (Lipinski definition) is 2. The predicted molar refractivity (Wildman–Crippen MR) is 112 cm³/mol. The summed E-state index contributed by atoms with van der Waals surface area (Å²) in [4.78, 5) is 31.7. The zero-order chi connectivity index (χ0) is 21.3. The molecule has 0 saturated heterocycles. The minimum atomic E-state index is -0.702. The number of anilines is 1. The van der Waals surface area contributed by atoms with Crippen molar-refractivity contribution in [1.29, 1.82) is 0 Å². The zero-order valence-corrected chi connectivity index (χ0v) is 16.3. The maximum absolute atomic E-state index is 14.6. The Morgan fingerprint density at radius 1 is 1.07 bits per heavy atom. The minimum absolute atomic E-state index is 0.00860. The van der Waals surface area contributed by atoms with Gasteiger partial charge in [0.2, 0.25) is 5.91 Å². The zero-order valence-electron chi connectivity index (χ0n) is 16.3. The molecule has 0 aliphatic rings. The molecule has 2 aromatic carbocycles. The fourth-order valence-electron chi connectivity index (χ4n) is 3.32. The average molecular weight is 403 g/mol. The molecule has 6 nitrogen and oxygen atoms in total. The molecule has 30 heavy (non-hydrogen) atoms. The fourth-order valence-corrected chi connectivity index (χ4v) is 3.32. The molecule has 0 aliphatic heterocycles. The number of rotatable bonds is 5. The Balaban J connectivity index is 1.77. The standard InChI is InChI=1S/C23H18FN3O3/c1-13(28)27-16-6-3-5-14(9-16)15-10-18-19(12-26-23(18)25-11-15)22(29)17-7-4-8-20(30-2)21(17)24/h3-12H,1-2H3,(H,25,26)(H,27,28). The highest BCUT2D eigenvalue weighted by atomic mass is 19.1. The number of benzene rings is 2. The number of H-pyrrole nitrogens is 1. The van der Waals surface area contributed by atoms with Crippen LogP contribution in [-0.2, 0) is 4.79 Å². The molecule has 0 bridgehead atoms. The molecule has 2 heterocycles. The molecular weight excluding hydrogens is 385 g/mol. The molecule has 2 aromatic heterocycles. The van der Waals surface area contributed by atoms with Crippen molar-refractivity contribution in [1.82, 2.24) is 9.97 Å². The molecule has 0 unspecified atom stereocenters. The number of halogens is 1. The maximum Gasteiger partial charge on any atom is 0.221 e. The van der Waals surface area contributed by atoms with Gasteiger partial charge < -0.3 is 15.0 Å². The average Bonchev–Trinajstić information content (AvgIpc) is 3.16. The first-order valence-corrected chi connectivity index (χ1v) is 9.20. The van der Waals surface area contributed by atoms with E-state index in [1.54, 1.807) is 18.3 Å². The highest BCUT2D eigenvalue weighted by Crippen LogP contribution is 2.29. The van der Waals surface area contributed by atoms with Gasteiger partial charge in [-0.1, -0.05) is 18.2 Å². The number of nitrogens with zero attached hydrogens (tertiary/aromatic N) is 1. The molecule has 150 valence electrons. The predicted octanol–water partition coefficient (Wildman–Crippen LogP) is 4.57. The normalized spacial score (nSPS) is 10.8. The van der Waals surface area contributed by atoms with Crippen molar-refractivity contribution < 1.29 is 18.7 Å². The Hall–Kier alpha value is -4.00. The Morgan fingerprint density at radius 2 is 1.87 bits per heavy atom. The lowest BCUT2D eigenvalue weighted by molar-refractivity contribution is -0.114. The lowest BCUT2D eigenvalue weighted by atomic mass is 10.0. The first-order valence-electron chi connectivity index (χ1n) is 9.20. The highest BCUT2D eigenvalue weighted by molar-refractivity contribution is 6.16. The van der Waals surface area contributed by atoms with Gasteiger partial charge in [-0.15, -0.1) is 0 Å². The minimum Gasteiger partial charge on any atom is -0.494 e. The van der Waals surface area contributed by atoms with E-state index in [1.807, 2.05) is 24.3 Å². The molecule has 2 N–H and O–H groups in total. The van der Waals surface area contributed by atoms with Crippen molar-refractivity contribution >= 4 is 28.4 Å². The van der Waals surface area contributed by atoms with Gasteiger partial charge in [-0.25, -0.2) is 9.37 Å². The number of ketones is 1. The van der Waals surface area contributed by atoms with Crippen molar-refractivity contribution in [3.63, 3.8) is 0 Å². The number of carbonyl (C=O) groups excluding carboxylic acids is 2. The van der Waals surface area contributed by atoms with E-state index >= 15 is 0 Å². The molecule has 0 aliphatic carbocycles. The van der Waals surface area contributed by atoms with E-state index in [-0.39, 0.29) is 17.2 Å². The number of amides is 1. The van der Waals surface area contributed by atoms with Crippen LogP contribution in [0.25, 0.3) is 22.2 Å². The largest absolute Gasteiger partial charge is 0.494 e. The number of aromatic amines is 1. The van der Waals surface area contributed by atoms with E-state index in [0.717, 1.165) is 11.1 Å². The van der Waals surface area contributed by atoms with E-state index in [0.29, 0.717) is 22.3 Å². The second kappa shape index (κ2) is 7.79. The lowest BCUT2D eigenvalue weighted by Gasteiger charge is -2.07. The lowest BCUT2D eigenvalue weighted by Crippen LogP contribution is -2.05. The molecule has 7 heteroatoms. The third-order valence-electron chi connectivity index (χ3n) is 4.72. The Morgan fingerprint density at radius 3 is 2.63 bits per heavy atom. The van der Waals surface area contributed by atoms with Gasteiger partial charge in [-0.2, -0.15) is 0 Å². The number of pyridine rings is 1. The van der Waals surface area contributed by atoms with Crippen LogP contribution in [0.5, 0.6) is 5.75 Å². The van der Waals surface area contributed by atoms with E-state index in [2.05, 4.69) is 15.3 Å². The Labute approximate surface area is 171 Å². The van der Waals surface area contributed by atoms with Gasteiger partial charge >= 0.3 is 0 Å². The van der Waals surface area contributed by atoms with Gasteiger partial charge in [0.15, 0.2) is 17.3 Å². The monoisotopic (exact) mass is 403 g/mol. The number of fused-ring (bicyclic) bond motifs is 1. The van der Waals surface area contributed by atoms with Gasteiger partial charge in [-0.3, -0.25) is 9.59 Å². The highest BCUT2D eigenvalue weighted by Gasteiger charge is 2.21. The van der Waals surface area contributed by atoms with E-state index in [9.17, 15) is 14.0 Å². The first kappa shape index (κ1) is 19.3. The summed E-state index contributed by atoms with van der Waals surface area (Å²) >= 11 is 0. The second-order valence-electron chi connectivity index (χ2n) is 6.74. The molecule has 0 atom stereocenters. The molecule has 4 aromatic rings.